The predicted octanol–water partition coefficient (Wildman–Crippen LogP) is 0.848. The molecule has 0 amide bonds. The maximum Gasteiger partial charge on any atom is 0.207 e. The van der Waals surface area contributed by atoms with Crippen LogP contribution in [0.2, 0.25) is 0 Å². The lowest BCUT2D eigenvalue weighted by Crippen LogP contribution is -2.03. The standard InChI is InChI=1S/C8H7N3O2S/c12-14(13)8-6-9-10-11(8)7-4-2-1-3-5-7/h1-6H,(H,12,13). The van der Waals surface area contributed by atoms with Gasteiger partial charge in [0, 0.05) is 0 Å². The molecule has 1 aromatic heterocycles. The third kappa shape index (κ3) is 1.57. The highest BCUT2D eigenvalue weighted by Gasteiger charge is 2.10. The molecule has 2 rings (SSSR count). The Labute approximate surface area is 82.7 Å². The second-order valence-corrected chi connectivity index (χ2v) is 3.49. The van der Waals surface area contributed by atoms with Crippen LogP contribution in [0.5, 0.6) is 0 Å². The van der Waals surface area contributed by atoms with Gasteiger partial charge in [0.1, 0.15) is 0 Å². The van der Waals surface area contributed by atoms with Crippen LogP contribution in [0.15, 0.2) is 41.6 Å². The van der Waals surface area contributed by atoms with Crippen molar-refractivity contribution in [2.45, 2.75) is 5.03 Å². The lowest BCUT2D eigenvalue weighted by Gasteiger charge is -2.01. The fourth-order valence-electron chi connectivity index (χ4n) is 1.09. The third-order valence-corrected chi connectivity index (χ3v) is 2.33. The summed E-state index contributed by atoms with van der Waals surface area (Å²) in [5.41, 5.74) is 0.711. The summed E-state index contributed by atoms with van der Waals surface area (Å²) in [6, 6.07) is 9.06. The topological polar surface area (TPSA) is 68.0 Å². The van der Waals surface area contributed by atoms with Gasteiger partial charge in [-0.2, -0.15) is 0 Å². The molecular weight excluding hydrogens is 202 g/mol. The molecule has 0 aliphatic carbocycles. The second kappa shape index (κ2) is 3.69. The van der Waals surface area contributed by atoms with Gasteiger partial charge in [-0.3, -0.25) is 0 Å². The van der Waals surface area contributed by atoms with E-state index in [2.05, 4.69) is 10.3 Å². The summed E-state index contributed by atoms with van der Waals surface area (Å²) in [4.78, 5) is 0. The summed E-state index contributed by atoms with van der Waals surface area (Å²) in [5.74, 6) is 0. The van der Waals surface area contributed by atoms with E-state index in [1.165, 1.54) is 10.9 Å². The number of hydrogen-bond acceptors (Lipinski definition) is 3. The highest BCUT2D eigenvalue weighted by molar-refractivity contribution is 7.79. The van der Waals surface area contributed by atoms with Crippen molar-refractivity contribution in [1.29, 1.82) is 0 Å². The zero-order valence-electron chi connectivity index (χ0n) is 7.07. The van der Waals surface area contributed by atoms with Gasteiger partial charge in [-0.05, 0) is 12.1 Å². The van der Waals surface area contributed by atoms with Gasteiger partial charge >= 0.3 is 0 Å². The maximum absolute atomic E-state index is 10.9. The Morgan fingerprint density at radius 3 is 2.64 bits per heavy atom. The summed E-state index contributed by atoms with van der Waals surface area (Å²) >= 11 is -2.07. The average Bonchev–Trinajstić information content (AvgIpc) is 2.67. The Balaban J connectivity index is 2.52. The molecule has 1 unspecified atom stereocenters. The lowest BCUT2D eigenvalue weighted by atomic mass is 10.3. The van der Waals surface area contributed by atoms with E-state index in [-0.39, 0.29) is 5.03 Å². The molecule has 1 heterocycles. The zero-order chi connectivity index (χ0) is 9.97. The largest absolute Gasteiger partial charge is 0.301 e. The summed E-state index contributed by atoms with van der Waals surface area (Å²) in [5, 5.41) is 7.46. The van der Waals surface area contributed by atoms with Crippen molar-refractivity contribution < 1.29 is 8.76 Å². The van der Waals surface area contributed by atoms with E-state index in [1.807, 2.05) is 18.2 Å². The minimum absolute atomic E-state index is 0.163. The molecule has 0 saturated carbocycles. The first kappa shape index (κ1) is 9.04. The average molecular weight is 209 g/mol. The predicted molar refractivity (Wildman–Crippen MR) is 50.4 cm³/mol. The first-order chi connectivity index (χ1) is 6.79. The Bertz CT molecular complexity index is 455. The van der Waals surface area contributed by atoms with Crippen molar-refractivity contribution in [2.75, 3.05) is 0 Å². The van der Waals surface area contributed by atoms with Crippen molar-refractivity contribution in [1.82, 2.24) is 15.0 Å². The van der Waals surface area contributed by atoms with Gasteiger partial charge in [-0.15, -0.1) is 5.10 Å². The number of rotatable bonds is 2. The van der Waals surface area contributed by atoms with Gasteiger partial charge < -0.3 is 4.55 Å². The highest BCUT2D eigenvalue weighted by Crippen LogP contribution is 2.10. The molecule has 6 heteroatoms. The fourth-order valence-corrected chi connectivity index (χ4v) is 1.52. The Morgan fingerprint density at radius 2 is 2.00 bits per heavy atom. The van der Waals surface area contributed by atoms with Crippen LogP contribution in [0.25, 0.3) is 5.69 Å². The number of benzene rings is 1. The summed E-state index contributed by atoms with van der Waals surface area (Å²) < 4.78 is 21.1. The Hall–Kier alpha value is -1.53. The van der Waals surface area contributed by atoms with Crippen LogP contribution in [0.1, 0.15) is 0 Å². The first-order valence-electron chi connectivity index (χ1n) is 3.86. The van der Waals surface area contributed by atoms with Crippen LogP contribution in [0, 0.1) is 0 Å². The second-order valence-electron chi connectivity index (χ2n) is 2.57. The summed E-state index contributed by atoms with van der Waals surface area (Å²) in [6.07, 6.45) is 1.27. The quantitative estimate of drug-likeness (QED) is 0.744. The van der Waals surface area contributed by atoms with Crippen LogP contribution in [-0.2, 0) is 11.1 Å². The molecule has 0 aliphatic rings. The van der Waals surface area contributed by atoms with Crippen molar-refractivity contribution >= 4 is 11.1 Å². The van der Waals surface area contributed by atoms with Gasteiger partial charge in [0.25, 0.3) is 0 Å². The van der Waals surface area contributed by atoms with Crippen molar-refractivity contribution in [3.05, 3.63) is 36.5 Å². The molecule has 1 aromatic carbocycles. The number of para-hydroxylation sites is 1. The SMILES string of the molecule is O=S(O)c1cnnn1-c1ccccc1. The van der Waals surface area contributed by atoms with E-state index in [4.69, 9.17) is 4.55 Å². The van der Waals surface area contributed by atoms with E-state index in [0.29, 0.717) is 5.69 Å². The highest BCUT2D eigenvalue weighted by atomic mass is 32.2. The third-order valence-electron chi connectivity index (χ3n) is 1.70. The molecule has 0 spiro atoms. The Kier molecular flexibility index (Phi) is 2.38. The number of hydrogen-bond donors (Lipinski definition) is 1. The van der Waals surface area contributed by atoms with Crippen molar-refractivity contribution in [3.63, 3.8) is 0 Å². The van der Waals surface area contributed by atoms with E-state index in [0.717, 1.165) is 0 Å². The van der Waals surface area contributed by atoms with Crippen LogP contribution >= 0.6 is 0 Å². The molecule has 14 heavy (non-hydrogen) atoms. The van der Waals surface area contributed by atoms with E-state index in [1.54, 1.807) is 12.1 Å². The van der Waals surface area contributed by atoms with E-state index >= 15 is 0 Å². The van der Waals surface area contributed by atoms with Gasteiger partial charge in [-0.25, -0.2) is 8.89 Å². The van der Waals surface area contributed by atoms with Gasteiger partial charge in [-0.1, -0.05) is 23.4 Å². The van der Waals surface area contributed by atoms with Crippen LogP contribution in [0.4, 0.5) is 0 Å². The van der Waals surface area contributed by atoms with Crippen LogP contribution < -0.4 is 0 Å². The zero-order valence-corrected chi connectivity index (χ0v) is 7.89. The molecular formula is C8H7N3O2S. The van der Waals surface area contributed by atoms with E-state index < -0.39 is 11.1 Å². The Morgan fingerprint density at radius 1 is 1.29 bits per heavy atom. The minimum Gasteiger partial charge on any atom is -0.301 e. The number of aromatic nitrogens is 3. The van der Waals surface area contributed by atoms with Crippen LogP contribution in [0.3, 0.4) is 0 Å². The summed E-state index contributed by atoms with van der Waals surface area (Å²) in [7, 11) is 0. The fraction of sp³-hybridized carbons (Fsp3) is 0. The summed E-state index contributed by atoms with van der Waals surface area (Å²) in [6.45, 7) is 0. The molecule has 0 fully saturated rings. The van der Waals surface area contributed by atoms with Gasteiger partial charge in [0.15, 0.2) is 5.03 Å². The van der Waals surface area contributed by atoms with Crippen LogP contribution in [-0.4, -0.2) is 23.8 Å². The molecule has 0 radical (unpaired) electrons. The monoisotopic (exact) mass is 209 g/mol. The van der Waals surface area contributed by atoms with Crippen molar-refractivity contribution in [3.8, 4) is 5.69 Å². The van der Waals surface area contributed by atoms with Gasteiger partial charge in [0.2, 0.25) is 11.1 Å². The maximum atomic E-state index is 10.9. The molecule has 1 atom stereocenters. The van der Waals surface area contributed by atoms with E-state index in [9.17, 15) is 4.21 Å². The minimum atomic E-state index is -2.07. The smallest absolute Gasteiger partial charge is 0.207 e. The molecule has 0 bridgehead atoms. The molecule has 1 N–H and O–H groups in total. The van der Waals surface area contributed by atoms with Crippen molar-refractivity contribution in [2.24, 2.45) is 0 Å². The molecule has 2 aromatic rings. The molecule has 5 nitrogen and oxygen atoms in total. The normalized spacial score (nSPS) is 12.6. The molecule has 72 valence electrons. The molecule has 0 aliphatic heterocycles. The number of nitrogens with zero attached hydrogens (tertiary/aromatic N) is 3. The first-order valence-corrected chi connectivity index (χ1v) is 4.96. The van der Waals surface area contributed by atoms with Gasteiger partial charge in [0.05, 0.1) is 11.9 Å². The lowest BCUT2D eigenvalue weighted by molar-refractivity contribution is 0.554. The molecule has 0 saturated heterocycles.